The Morgan fingerprint density at radius 3 is 2.61 bits per heavy atom. The third kappa shape index (κ3) is 5.28. The number of nitrogens with one attached hydrogen (secondary N) is 1. The fourth-order valence-electron chi connectivity index (χ4n) is 1.68. The van der Waals surface area contributed by atoms with Crippen LogP contribution in [0.25, 0.3) is 0 Å². The Kier molecular flexibility index (Phi) is 6.51. The van der Waals surface area contributed by atoms with Crippen LogP contribution >= 0.6 is 11.6 Å². The third-order valence-corrected chi connectivity index (χ3v) is 3.07. The normalized spacial score (nSPS) is 12.8. The molecule has 0 bridgehead atoms. The van der Waals surface area contributed by atoms with Crippen LogP contribution in [0.4, 0.5) is 0 Å². The van der Waals surface area contributed by atoms with E-state index >= 15 is 0 Å². The summed E-state index contributed by atoms with van der Waals surface area (Å²) in [5.74, 6) is 1.44. The summed E-state index contributed by atoms with van der Waals surface area (Å²) in [5.41, 5.74) is 1.17. The molecular formula is C15H24ClNO. The molecule has 0 heterocycles. The second-order valence-electron chi connectivity index (χ2n) is 5.13. The smallest absolute Gasteiger partial charge is 0.138 e. The number of halogens is 1. The number of ether oxygens (including phenoxy) is 1. The van der Waals surface area contributed by atoms with Crippen LogP contribution in [0.5, 0.6) is 5.75 Å². The average Bonchev–Trinajstić information content (AvgIpc) is 2.32. The molecule has 0 radical (unpaired) electrons. The Morgan fingerprint density at radius 2 is 2.00 bits per heavy atom. The molecule has 0 aliphatic rings. The van der Waals surface area contributed by atoms with Crippen LogP contribution in [0, 0.1) is 12.8 Å². The largest absolute Gasteiger partial charge is 0.488 e. The van der Waals surface area contributed by atoms with Gasteiger partial charge in [-0.25, -0.2) is 0 Å². The molecule has 1 N–H and O–H groups in total. The van der Waals surface area contributed by atoms with E-state index in [1.807, 2.05) is 25.1 Å². The quantitative estimate of drug-likeness (QED) is 0.806. The van der Waals surface area contributed by atoms with Crippen molar-refractivity contribution in [1.29, 1.82) is 0 Å². The molecule has 102 valence electrons. The second-order valence-corrected chi connectivity index (χ2v) is 5.54. The zero-order valence-corrected chi connectivity index (χ0v) is 12.6. The molecule has 18 heavy (non-hydrogen) atoms. The van der Waals surface area contributed by atoms with Gasteiger partial charge < -0.3 is 10.1 Å². The average molecular weight is 270 g/mol. The van der Waals surface area contributed by atoms with Crippen LogP contribution in [0.1, 0.15) is 32.8 Å². The number of aryl methyl sites for hydroxylation is 1. The molecule has 2 nitrogen and oxygen atoms in total. The molecule has 1 unspecified atom stereocenters. The van der Waals surface area contributed by atoms with Gasteiger partial charge in [-0.1, -0.05) is 38.4 Å². The minimum atomic E-state index is 0.169. The number of hydrogen-bond acceptors (Lipinski definition) is 2. The molecule has 0 spiro atoms. The fourth-order valence-corrected chi connectivity index (χ4v) is 1.84. The first-order valence-corrected chi connectivity index (χ1v) is 7.04. The lowest BCUT2D eigenvalue weighted by atomic mass is 10.2. The first kappa shape index (κ1) is 15.3. The maximum absolute atomic E-state index is 6.14. The predicted molar refractivity (Wildman–Crippen MR) is 78.6 cm³/mol. The van der Waals surface area contributed by atoms with Gasteiger partial charge in [-0.05, 0) is 43.5 Å². The van der Waals surface area contributed by atoms with Crippen LogP contribution in [0.2, 0.25) is 5.02 Å². The Bertz CT molecular complexity index is 366. The number of hydrogen-bond donors (Lipinski definition) is 1. The van der Waals surface area contributed by atoms with E-state index < -0.39 is 0 Å². The zero-order valence-electron chi connectivity index (χ0n) is 11.8. The van der Waals surface area contributed by atoms with E-state index in [1.165, 1.54) is 5.56 Å². The van der Waals surface area contributed by atoms with Crippen LogP contribution in [-0.2, 0) is 0 Å². The van der Waals surface area contributed by atoms with E-state index in [-0.39, 0.29) is 6.10 Å². The monoisotopic (exact) mass is 269 g/mol. The molecule has 0 aliphatic heterocycles. The molecule has 1 atom stereocenters. The maximum atomic E-state index is 6.14. The van der Waals surface area contributed by atoms with Crippen molar-refractivity contribution in [2.45, 2.75) is 40.2 Å². The van der Waals surface area contributed by atoms with Crippen molar-refractivity contribution in [3.05, 3.63) is 28.8 Å². The lowest BCUT2D eigenvalue weighted by Gasteiger charge is -2.20. The minimum absolute atomic E-state index is 0.169. The summed E-state index contributed by atoms with van der Waals surface area (Å²) in [6, 6.07) is 5.88. The van der Waals surface area contributed by atoms with Crippen LogP contribution in [-0.4, -0.2) is 19.2 Å². The van der Waals surface area contributed by atoms with Gasteiger partial charge in [-0.15, -0.1) is 0 Å². The highest BCUT2D eigenvalue weighted by Gasteiger charge is 2.10. The Balaban J connectivity index is 2.54. The van der Waals surface area contributed by atoms with Gasteiger partial charge >= 0.3 is 0 Å². The molecule has 0 saturated carbocycles. The van der Waals surface area contributed by atoms with Gasteiger partial charge in [0.05, 0.1) is 5.02 Å². The van der Waals surface area contributed by atoms with E-state index in [2.05, 4.69) is 26.1 Å². The van der Waals surface area contributed by atoms with E-state index in [9.17, 15) is 0 Å². The number of benzene rings is 1. The van der Waals surface area contributed by atoms with E-state index in [4.69, 9.17) is 16.3 Å². The highest BCUT2D eigenvalue weighted by atomic mass is 35.5. The van der Waals surface area contributed by atoms with Crippen molar-refractivity contribution in [1.82, 2.24) is 5.32 Å². The van der Waals surface area contributed by atoms with Crippen molar-refractivity contribution < 1.29 is 4.74 Å². The van der Waals surface area contributed by atoms with Crippen molar-refractivity contribution in [2.24, 2.45) is 5.92 Å². The number of rotatable bonds is 7. The lowest BCUT2D eigenvalue weighted by Crippen LogP contribution is -2.33. The molecular weight excluding hydrogens is 246 g/mol. The Labute approximate surface area is 116 Å². The van der Waals surface area contributed by atoms with E-state index in [0.717, 1.165) is 25.3 Å². The first-order valence-electron chi connectivity index (χ1n) is 6.66. The summed E-state index contributed by atoms with van der Waals surface area (Å²) in [7, 11) is 0. The van der Waals surface area contributed by atoms with Crippen molar-refractivity contribution in [3.63, 3.8) is 0 Å². The summed E-state index contributed by atoms with van der Waals surface area (Å²) < 4.78 is 5.96. The summed E-state index contributed by atoms with van der Waals surface area (Å²) in [4.78, 5) is 0. The summed E-state index contributed by atoms with van der Waals surface area (Å²) >= 11 is 6.14. The third-order valence-electron chi connectivity index (χ3n) is 2.76. The van der Waals surface area contributed by atoms with Crippen LogP contribution < -0.4 is 10.1 Å². The highest BCUT2D eigenvalue weighted by Crippen LogP contribution is 2.26. The predicted octanol–water partition coefficient (Wildman–Crippen LogP) is 4.05. The van der Waals surface area contributed by atoms with Gasteiger partial charge in [0.15, 0.2) is 0 Å². The highest BCUT2D eigenvalue weighted by molar-refractivity contribution is 6.32. The molecule has 1 aromatic rings. The van der Waals surface area contributed by atoms with Crippen molar-refractivity contribution in [3.8, 4) is 5.75 Å². The second kappa shape index (κ2) is 7.65. The molecule has 0 aliphatic carbocycles. The van der Waals surface area contributed by atoms with Gasteiger partial charge in [-0.3, -0.25) is 0 Å². The molecule has 0 saturated heterocycles. The zero-order chi connectivity index (χ0) is 13.5. The standard InChI is InChI=1S/C15H24ClNO/c1-5-13(10-17-9-11(2)3)18-15-8-12(4)6-7-14(15)16/h6-8,11,13,17H,5,9-10H2,1-4H3. The molecule has 0 amide bonds. The maximum Gasteiger partial charge on any atom is 0.138 e. The molecule has 3 heteroatoms. The lowest BCUT2D eigenvalue weighted by molar-refractivity contribution is 0.192. The van der Waals surface area contributed by atoms with Gasteiger partial charge in [0.2, 0.25) is 0 Å². The first-order chi connectivity index (χ1) is 8.52. The molecule has 1 rings (SSSR count). The molecule has 0 fully saturated rings. The van der Waals surface area contributed by atoms with Crippen molar-refractivity contribution >= 4 is 11.6 Å². The van der Waals surface area contributed by atoms with Gasteiger partial charge in [0, 0.05) is 6.54 Å². The SMILES string of the molecule is CCC(CNCC(C)C)Oc1cc(C)ccc1Cl. The van der Waals surface area contributed by atoms with Crippen LogP contribution in [0.3, 0.4) is 0 Å². The van der Waals surface area contributed by atoms with Gasteiger partial charge in [0.1, 0.15) is 11.9 Å². The summed E-state index contributed by atoms with van der Waals surface area (Å²) in [6.07, 6.45) is 1.14. The van der Waals surface area contributed by atoms with Crippen LogP contribution in [0.15, 0.2) is 18.2 Å². The van der Waals surface area contributed by atoms with Gasteiger partial charge in [-0.2, -0.15) is 0 Å². The Hall–Kier alpha value is -0.730. The fraction of sp³-hybridized carbons (Fsp3) is 0.600. The van der Waals surface area contributed by atoms with E-state index in [1.54, 1.807) is 0 Å². The summed E-state index contributed by atoms with van der Waals surface area (Å²) in [6.45, 7) is 10.4. The van der Waals surface area contributed by atoms with Gasteiger partial charge in [0.25, 0.3) is 0 Å². The minimum Gasteiger partial charge on any atom is -0.488 e. The molecule has 1 aromatic carbocycles. The topological polar surface area (TPSA) is 21.3 Å². The molecule has 0 aromatic heterocycles. The summed E-state index contributed by atoms with van der Waals surface area (Å²) in [5, 5.41) is 4.11. The van der Waals surface area contributed by atoms with E-state index in [0.29, 0.717) is 10.9 Å². The van der Waals surface area contributed by atoms with Crippen molar-refractivity contribution in [2.75, 3.05) is 13.1 Å². The Morgan fingerprint density at radius 1 is 1.28 bits per heavy atom.